The van der Waals surface area contributed by atoms with Crippen LogP contribution in [0.25, 0.3) is 0 Å². The van der Waals surface area contributed by atoms with Crippen molar-refractivity contribution in [2.45, 2.75) is 32.2 Å². The van der Waals surface area contributed by atoms with Gasteiger partial charge in [0.25, 0.3) is 5.91 Å². The van der Waals surface area contributed by atoms with Crippen molar-refractivity contribution < 1.29 is 14.3 Å². The number of benzene rings is 1. The van der Waals surface area contributed by atoms with E-state index in [-0.39, 0.29) is 17.2 Å². The van der Waals surface area contributed by atoms with Gasteiger partial charge >= 0.3 is 0 Å². The summed E-state index contributed by atoms with van der Waals surface area (Å²) >= 11 is 6.06. The minimum atomic E-state index is -0.425. The van der Waals surface area contributed by atoms with Crippen LogP contribution in [-0.2, 0) is 4.79 Å². The van der Waals surface area contributed by atoms with Gasteiger partial charge in [-0.2, -0.15) is 0 Å². The zero-order valence-electron chi connectivity index (χ0n) is 15.3. The third-order valence-electron chi connectivity index (χ3n) is 5.55. The van der Waals surface area contributed by atoms with Gasteiger partial charge in [0.15, 0.2) is 0 Å². The Morgan fingerprint density at radius 2 is 2.15 bits per heavy atom. The highest BCUT2D eigenvalue weighted by molar-refractivity contribution is 6.31. The van der Waals surface area contributed by atoms with Crippen molar-refractivity contribution >= 4 is 23.4 Å². The van der Waals surface area contributed by atoms with Crippen LogP contribution in [0.1, 0.15) is 36.5 Å². The van der Waals surface area contributed by atoms with Gasteiger partial charge in [0.05, 0.1) is 12.7 Å². The molecule has 2 aliphatic rings. The van der Waals surface area contributed by atoms with Gasteiger partial charge in [0.1, 0.15) is 11.8 Å². The van der Waals surface area contributed by atoms with Crippen LogP contribution in [0, 0.1) is 5.41 Å². The monoisotopic (exact) mass is 379 g/mol. The fourth-order valence-corrected chi connectivity index (χ4v) is 4.03. The van der Waals surface area contributed by atoms with Crippen molar-refractivity contribution in [2.24, 2.45) is 11.1 Å². The number of carbonyl (C=O) groups is 2. The molecule has 2 unspecified atom stereocenters. The maximum absolute atomic E-state index is 13.1. The fraction of sp³-hybridized carbons (Fsp3) is 0.579. The average Bonchev–Trinajstić information content (AvgIpc) is 3.28. The van der Waals surface area contributed by atoms with E-state index in [1.807, 2.05) is 4.90 Å². The highest BCUT2D eigenvalue weighted by atomic mass is 35.5. The summed E-state index contributed by atoms with van der Waals surface area (Å²) in [6.45, 7) is 4.58. The molecule has 3 rings (SSSR count). The fourth-order valence-electron chi connectivity index (χ4n) is 3.86. The molecule has 2 amide bonds. The first-order valence-electron chi connectivity index (χ1n) is 9.02. The summed E-state index contributed by atoms with van der Waals surface area (Å²) in [5.41, 5.74) is 6.22. The molecule has 0 saturated carbocycles. The summed E-state index contributed by atoms with van der Waals surface area (Å²) in [5.74, 6) is 0.282. The Bertz CT molecular complexity index is 711. The number of halogens is 1. The molecule has 142 valence electrons. The topological polar surface area (TPSA) is 75.9 Å². The molecule has 1 aromatic carbocycles. The minimum Gasteiger partial charge on any atom is -0.496 e. The van der Waals surface area contributed by atoms with E-state index in [1.54, 1.807) is 23.1 Å². The summed E-state index contributed by atoms with van der Waals surface area (Å²) in [4.78, 5) is 29.7. The van der Waals surface area contributed by atoms with Crippen LogP contribution in [0.15, 0.2) is 18.2 Å². The molecular weight excluding hydrogens is 354 g/mol. The summed E-state index contributed by atoms with van der Waals surface area (Å²) < 4.78 is 5.30. The van der Waals surface area contributed by atoms with E-state index in [9.17, 15) is 9.59 Å². The number of ether oxygens (including phenoxy) is 1. The van der Waals surface area contributed by atoms with Crippen molar-refractivity contribution in [3.63, 3.8) is 0 Å². The molecule has 2 atom stereocenters. The molecule has 0 radical (unpaired) electrons. The Labute approximate surface area is 159 Å². The molecule has 0 aliphatic carbocycles. The second-order valence-electron chi connectivity index (χ2n) is 7.53. The SMILES string of the molecule is COc1ccc(Cl)cc1C(=O)N1CCCC1C(=O)N1CCC(C)(CN)C1. The van der Waals surface area contributed by atoms with Crippen molar-refractivity contribution in [2.75, 3.05) is 33.3 Å². The van der Waals surface area contributed by atoms with Gasteiger partial charge in [0, 0.05) is 24.7 Å². The van der Waals surface area contributed by atoms with E-state index in [4.69, 9.17) is 22.1 Å². The number of nitrogens with two attached hydrogens (primary N) is 1. The smallest absolute Gasteiger partial charge is 0.258 e. The van der Waals surface area contributed by atoms with Gasteiger partial charge in [0.2, 0.25) is 5.91 Å². The Kier molecular flexibility index (Phi) is 5.44. The van der Waals surface area contributed by atoms with E-state index in [0.29, 0.717) is 48.9 Å². The van der Waals surface area contributed by atoms with Crippen LogP contribution in [0.3, 0.4) is 0 Å². The van der Waals surface area contributed by atoms with Crippen LogP contribution < -0.4 is 10.5 Å². The molecule has 0 spiro atoms. The Hall–Kier alpha value is -1.79. The van der Waals surface area contributed by atoms with E-state index in [1.165, 1.54) is 7.11 Å². The maximum atomic E-state index is 13.1. The minimum absolute atomic E-state index is 0.0222. The number of nitrogens with zero attached hydrogens (tertiary/aromatic N) is 2. The lowest BCUT2D eigenvalue weighted by Crippen LogP contribution is -2.48. The van der Waals surface area contributed by atoms with Crippen molar-refractivity contribution in [1.29, 1.82) is 0 Å². The number of carbonyl (C=O) groups excluding carboxylic acids is 2. The van der Waals surface area contributed by atoms with Gasteiger partial charge in [-0.3, -0.25) is 9.59 Å². The highest BCUT2D eigenvalue weighted by Gasteiger charge is 2.42. The first kappa shape index (κ1) is 19.0. The van der Waals surface area contributed by atoms with E-state index >= 15 is 0 Å². The third-order valence-corrected chi connectivity index (χ3v) is 5.79. The van der Waals surface area contributed by atoms with Gasteiger partial charge in [-0.25, -0.2) is 0 Å². The summed E-state index contributed by atoms with van der Waals surface area (Å²) in [5, 5.41) is 0.467. The maximum Gasteiger partial charge on any atom is 0.258 e. The molecule has 26 heavy (non-hydrogen) atoms. The molecule has 2 heterocycles. The molecular formula is C19H26ClN3O3. The first-order chi connectivity index (χ1) is 12.4. The van der Waals surface area contributed by atoms with Crippen LogP contribution >= 0.6 is 11.6 Å². The van der Waals surface area contributed by atoms with Crippen LogP contribution in [0.4, 0.5) is 0 Å². The average molecular weight is 380 g/mol. The number of methoxy groups -OCH3 is 1. The first-order valence-corrected chi connectivity index (χ1v) is 9.40. The summed E-state index contributed by atoms with van der Waals surface area (Å²) in [7, 11) is 1.52. The lowest BCUT2D eigenvalue weighted by molar-refractivity contribution is -0.134. The lowest BCUT2D eigenvalue weighted by atomic mass is 9.90. The lowest BCUT2D eigenvalue weighted by Gasteiger charge is -2.29. The second-order valence-corrected chi connectivity index (χ2v) is 7.96. The zero-order chi connectivity index (χ0) is 18.9. The Balaban J connectivity index is 1.79. The third kappa shape index (κ3) is 3.53. The molecule has 2 fully saturated rings. The van der Waals surface area contributed by atoms with Gasteiger partial charge < -0.3 is 20.3 Å². The Morgan fingerprint density at radius 3 is 2.81 bits per heavy atom. The summed E-state index contributed by atoms with van der Waals surface area (Å²) in [6, 6.07) is 4.53. The number of likely N-dealkylation sites (tertiary alicyclic amines) is 2. The highest BCUT2D eigenvalue weighted by Crippen LogP contribution is 2.32. The zero-order valence-corrected chi connectivity index (χ0v) is 16.1. The predicted octanol–water partition coefficient (Wildman–Crippen LogP) is 2.15. The van der Waals surface area contributed by atoms with Crippen molar-refractivity contribution in [3.8, 4) is 5.75 Å². The van der Waals surface area contributed by atoms with E-state index in [0.717, 1.165) is 12.8 Å². The number of hydrogen-bond donors (Lipinski definition) is 1. The molecule has 2 saturated heterocycles. The van der Waals surface area contributed by atoms with Crippen LogP contribution in [-0.4, -0.2) is 60.9 Å². The molecule has 7 heteroatoms. The molecule has 2 N–H and O–H groups in total. The van der Waals surface area contributed by atoms with E-state index in [2.05, 4.69) is 6.92 Å². The van der Waals surface area contributed by atoms with Gasteiger partial charge in [-0.05, 0) is 49.4 Å². The van der Waals surface area contributed by atoms with Gasteiger partial charge in [-0.1, -0.05) is 18.5 Å². The standard InChI is InChI=1S/C19H26ClN3O3/c1-19(11-21)7-9-22(12-19)18(25)15-4-3-8-23(15)17(24)14-10-13(20)5-6-16(14)26-2/h5-6,10,15H,3-4,7-9,11-12,21H2,1-2H3. The predicted molar refractivity (Wildman–Crippen MR) is 100 cm³/mol. The molecule has 2 aliphatic heterocycles. The molecule has 0 aromatic heterocycles. The number of amides is 2. The molecule has 6 nitrogen and oxygen atoms in total. The second kappa shape index (κ2) is 7.45. The summed E-state index contributed by atoms with van der Waals surface area (Å²) in [6.07, 6.45) is 2.40. The molecule has 1 aromatic rings. The van der Waals surface area contributed by atoms with Crippen LogP contribution in [0.2, 0.25) is 5.02 Å². The largest absolute Gasteiger partial charge is 0.496 e. The van der Waals surface area contributed by atoms with E-state index < -0.39 is 6.04 Å². The normalized spacial score (nSPS) is 25.6. The van der Waals surface area contributed by atoms with Crippen LogP contribution in [0.5, 0.6) is 5.75 Å². The Morgan fingerprint density at radius 1 is 1.38 bits per heavy atom. The van der Waals surface area contributed by atoms with Crippen molar-refractivity contribution in [1.82, 2.24) is 9.80 Å². The van der Waals surface area contributed by atoms with Crippen molar-refractivity contribution in [3.05, 3.63) is 28.8 Å². The molecule has 0 bridgehead atoms. The number of hydrogen-bond acceptors (Lipinski definition) is 4. The quantitative estimate of drug-likeness (QED) is 0.869. The number of rotatable bonds is 4. The van der Waals surface area contributed by atoms with Gasteiger partial charge in [-0.15, -0.1) is 0 Å².